The number of para-hydroxylation sites is 1. The number of benzene rings is 2. The summed E-state index contributed by atoms with van der Waals surface area (Å²) in [6.45, 7) is 0. The predicted molar refractivity (Wildman–Crippen MR) is 76.3 cm³/mol. The number of aromatic hydroxyl groups is 1. The quantitative estimate of drug-likeness (QED) is 0.509. The molecule has 0 aliphatic carbocycles. The van der Waals surface area contributed by atoms with Crippen LogP contribution in [0.3, 0.4) is 0 Å². The van der Waals surface area contributed by atoms with E-state index < -0.39 is 10.8 Å². The molecule has 2 aromatic rings. The van der Waals surface area contributed by atoms with Gasteiger partial charge < -0.3 is 5.11 Å². The summed E-state index contributed by atoms with van der Waals surface area (Å²) < 4.78 is 0. The van der Waals surface area contributed by atoms with Crippen molar-refractivity contribution >= 4 is 17.8 Å². The number of nitrogens with one attached hydrogen (secondary N) is 1. The lowest BCUT2D eigenvalue weighted by Crippen LogP contribution is -2.17. The summed E-state index contributed by atoms with van der Waals surface area (Å²) >= 11 is 0. The van der Waals surface area contributed by atoms with Gasteiger partial charge in [-0.15, -0.1) is 0 Å². The average molecular weight is 285 g/mol. The van der Waals surface area contributed by atoms with Crippen LogP contribution in [0.15, 0.2) is 53.6 Å². The van der Waals surface area contributed by atoms with Crippen LogP contribution < -0.4 is 5.43 Å². The molecule has 0 saturated heterocycles. The highest BCUT2D eigenvalue weighted by Gasteiger charge is 2.08. The molecule has 2 N–H and O–H groups in total. The fourth-order valence-corrected chi connectivity index (χ4v) is 1.61. The highest BCUT2D eigenvalue weighted by atomic mass is 16.6. The molecule has 0 unspecified atom stereocenters. The second kappa shape index (κ2) is 6.29. The molecule has 7 nitrogen and oxygen atoms in total. The first kappa shape index (κ1) is 14.2. The van der Waals surface area contributed by atoms with E-state index in [-0.39, 0.29) is 17.0 Å². The Labute approximate surface area is 119 Å². The monoisotopic (exact) mass is 285 g/mol. The van der Waals surface area contributed by atoms with Crippen molar-refractivity contribution in [1.29, 1.82) is 0 Å². The predicted octanol–water partition coefficient (Wildman–Crippen LogP) is 2.06. The second-order valence-corrected chi connectivity index (χ2v) is 4.07. The van der Waals surface area contributed by atoms with Crippen LogP contribution in [0.25, 0.3) is 0 Å². The van der Waals surface area contributed by atoms with Crippen molar-refractivity contribution in [3.05, 3.63) is 69.8 Å². The zero-order valence-electron chi connectivity index (χ0n) is 10.8. The van der Waals surface area contributed by atoms with E-state index in [1.165, 1.54) is 36.5 Å². The van der Waals surface area contributed by atoms with Crippen LogP contribution in [-0.4, -0.2) is 22.2 Å². The van der Waals surface area contributed by atoms with Crippen molar-refractivity contribution < 1.29 is 14.8 Å². The minimum Gasteiger partial charge on any atom is -0.507 e. The highest BCUT2D eigenvalue weighted by Crippen LogP contribution is 2.15. The number of hydrogen-bond donors (Lipinski definition) is 2. The maximum atomic E-state index is 11.7. The number of amides is 1. The molecule has 0 aromatic heterocycles. The third kappa shape index (κ3) is 3.63. The van der Waals surface area contributed by atoms with Crippen molar-refractivity contribution in [3.63, 3.8) is 0 Å². The summed E-state index contributed by atoms with van der Waals surface area (Å²) in [5.41, 5.74) is 2.74. The Bertz CT molecular complexity index is 713. The van der Waals surface area contributed by atoms with Crippen LogP contribution in [0.2, 0.25) is 0 Å². The van der Waals surface area contributed by atoms with Gasteiger partial charge in [0.1, 0.15) is 5.75 Å². The van der Waals surface area contributed by atoms with Gasteiger partial charge in [0.05, 0.1) is 16.7 Å². The molecule has 0 bridgehead atoms. The first-order chi connectivity index (χ1) is 10.1. The molecule has 0 aliphatic heterocycles. The van der Waals surface area contributed by atoms with Gasteiger partial charge in [-0.05, 0) is 12.1 Å². The molecule has 1 amide bonds. The largest absolute Gasteiger partial charge is 0.507 e. The lowest BCUT2D eigenvalue weighted by molar-refractivity contribution is -0.384. The normalized spacial score (nSPS) is 10.5. The molecule has 0 fully saturated rings. The number of nitrogens with zero attached hydrogens (tertiary/aromatic N) is 2. The SMILES string of the molecule is O=C(NN=Cc1cccc([N+](=O)[O-])c1)c1ccccc1O. The van der Waals surface area contributed by atoms with Gasteiger partial charge in [-0.25, -0.2) is 5.43 Å². The highest BCUT2D eigenvalue weighted by molar-refractivity contribution is 5.97. The van der Waals surface area contributed by atoms with Gasteiger partial charge >= 0.3 is 0 Å². The summed E-state index contributed by atoms with van der Waals surface area (Å²) in [4.78, 5) is 21.8. The Morgan fingerprint density at radius 1 is 1.24 bits per heavy atom. The van der Waals surface area contributed by atoms with Crippen LogP contribution in [0.4, 0.5) is 5.69 Å². The van der Waals surface area contributed by atoms with Gasteiger partial charge in [-0.1, -0.05) is 24.3 Å². The first-order valence-electron chi connectivity index (χ1n) is 5.94. The summed E-state index contributed by atoms with van der Waals surface area (Å²) in [6.07, 6.45) is 1.28. The van der Waals surface area contributed by atoms with Crippen LogP contribution in [0, 0.1) is 10.1 Å². The average Bonchev–Trinajstić information content (AvgIpc) is 2.48. The van der Waals surface area contributed by atoms with Crippen molar-refractivity contribution in [3.8, 4) is 5.75 Å². The topological polar surface area (TPSA) is 105 Å². The Morgan fingerprint density at radius 2 is 2.00 bits per heavy atom. The molecular formula is C14H11N3O4. The van der Waals surface area contributed by atoms with E-state index in [9.17, 15) is 20.0 Å². The van der Waals surface area contributed by atoms with E-state index in [2.05, 4.69) is 10.5 Å². The fourth-order valence-electron chi connectivity index (χ4n) is 1.61. The standard InChI is InChI=1S/C14H11N3O4/c18-13-7-2-1-6-12(13)14(19)16-15-9-10-4-3-5-11(8-10)17(20)21/h1-9,18H,(H,16,19). The molecule has 106 valence electrons. The molecule has 2 aromatic carbocycles. The Kier molecular flexibility index (Phi) is 4.25. The number of nitro groups is 1. The summed E-state index contributed by atoms with van der Waals surface area (Å²) in [5, 5.41) is 23.8. The fraction of sp³-hybridized carbons (Fsp3) is 0. The number of phenols is 1. The zero-order chi connectivity index (χ0) is 15.2. The third-order valence-corrected chi connectivity index (χ3v) is 2.61. The number of non-ortho nitro benzene ring substituents is 1. The van der Waals surface area contributed by atoms with E-state index in [4.69, 9.17) is 0 Å². The van der Waals surface area contributed by atoms with Crippen LogP contribution in [0.5, 0.6) is 5.75 Å². The maximum Gasteiger partial charge on any atom is 0.275 e. The molecule has 0 spiro atoms. The minimum absolute atomic E-state index is 0.0639. The van der Waals surface area contributed by atoms with Crippen molar-refractivity contribution in [2.75, 3.05) is 0 Å². The molecule has 0 heterocycles. The molecule has 2 rings (SSSR count). The Balaban J connectivity index is 2.06. The van der Waals surface area contributed by atoms with Gasteiger partial charge in [0.2, 0.25) is 0 Å². The van der Waals surface area contributed by atoms with E-state index in [0.717, 1.165) is 0 Å². The molecule has 0 saturated carbocycles. The number of phenolic OH excluding ortho intramolecular Hbond substituents is 1. The summed E-state index contributed by atoms with van der Waals surface area (Å²) in [5.74, 6) is -0.727. The van der Waals surface area contributed by atoms with Crippen LogP contribution >= 0.6 is 0 Å². The first-order valence-corrected chi connectivity index (χ1v) is 5.94. The van der Waals surface area contributed by atoms with Gasteiger partial charge in [-0.2, -0.15) is 5.10 Å². The molecule has 7 heteroatoms. The molecule has 0 atom stereocenters. The maximum absolute atomic E-state index is 11.7. The van der Waals surface area contributed by atoms with Gasteiger partial charge in [0.15, 0.2) is 0 Å². The van der Waals surface area contributed by atoms with E-state index >= 15 is 0 Å². The lowest BCUT2D eigenvalue weighted by atomic mass is 10.2. The van der Waals surface area contributed by atoms with Crippen molar-refractivity contribution in [1.82, 2.24) is 5.43 Å². The molecule has 0 aliphatic rings. The van der Waals surface area contributed by atoms with E-state index in [1.807, 2.05) is 0 Å². The molecule has 0 radical (unpaired) electrons. The van der Waals surface area contributed by atoms with E-state index in [1.54, 1.807) is 18.2 Å². The number of nitro benzene ring substituents is 1. The van der Waals surface area contributed by atoms with Crippen molar-refractivity contribution in [2.24, 2.45) is 5.10 Å². The molecule has 21 heavy (non-hydrogen) atoms. The third-order valence-electron chi connectivity index (χ3n) is 2.61. The van der Waals surface area contributed by atoms with Crippen LogP contribution in [-0.2, 0) is 0 Å². The lowest BCUT2D eigenvalue weighted by Gasteiger charge is -2.01. The molecular weight excluding hydrogens is 274 g/mol. The van der Waals surface area contributed by atoms with Gasteiger partial charge in [-0.3, -0.25) is 14.9 Å². The zero-order valence-corrected chi connectivity index (χ0v) is 10.8. The Hall–Kier alpha value is -3.22. The van der Waals surface area contributed by atoms with Gasteiger partial charge in [0, 0.05) is 17.7 Å². The van der Waals surface area contributed by atoms with E-state index in [0.29, 0.717) is 5.56 Å². The summed E-state index contributed by atoms with van der Waals surface area (Å²) in [6, 6.07) is 11.9. The second-order valence-electron chi connectivity index (χ2n) is 4.07. The number of hydrogen-bond acceptors (Lipinski definition) is 5. The Morgan fingerprint density at radius 3 is 2.71 bits per heavy atom. The number of carbonyl (C=O) groups is 1. The summed E-state index contributed by atoms with van der Waals surface area (Å²) in [7, 11) is 0. The van der Waals surface area contributed by atoms with Crippen LogP contribution in [0.1, 0.15) is 15.9 Å². The number of rotatable bonds is 4. The number of hydrazone groups is 1. The smallest absolute Gasteiger partial charge is 0.275 e. The number of carbonyl (C=O) groups excluding carboxylic acids is 1. The minimum atomic E-state index is -0.574. The van der Waals surface area contributed by atoms with Gasteiger partial charge in [0.25, 0.3) is 11.6 Å². The van der Waals surface area contributed by atoms with Crippen molar-refractivity contribution in [2.45, 2.75) is 0 Å².